The molecule has 2 unspecified atom stereocenters. The normalized spacial score (nSPS) is 20.9. The molecule has 0 amide bonds. The summed E-state index contributed by atoms with van der Waals surface area (Å²) in [7, 11) is 0. The Hall–Kier alpha value is -1.10. The molecule has 2 atom stereocenters. The molecule has 1 aliphatic rings. The third-order valence-corrected chi connectivity index (χ3v) is 4.91. The summed E-state index contributed by atoms with van der Waals surface area (Å²) in [5.74, 6) is 0.914. The van der Waals surface area contributed by atoms with Crippen molar-refractivity contribution in [1.29, 1.82) is 0 Å². The Kier molecular flexibility index (Phi) is 4.48. The molecule has 2 aromatic rings. The summed E-state index contributed by atoms with van der Waals surface area (Å²) in [6.07, 6.45) is 2.01. The topological polar surface area (TPSA) is 34.2 Å². The fourth-order valence-corrected chi connectivity index (χ4v) is 3.64. The lowest BCUT2D eigenvalue weighted by molar-refractivity contribution is 0.151. The van der Waals surface area contributed by atoms with E-state index in [-0.39, 0.29) is 12.1 Å². The largest absolute Gasteiger partial charge is 0.483 e. The number of halogens is 1. The first kappa shape index (κ1) is 14.8. The van der Waals surface area contributed by atoms with Gasteiger partial charge in [0, 0.05) is 34.1 Å². The Morgan fingerprint density at radius 2 is 2.33 bits per heavy atom. The second kappa shape index (κ2) is 6.34. The van der Waals surface area contributed by atoms with Gasteiger partial charge in [0.1, 0.15) is 10.8 Å². The molecule has 0 aliphatic carbocycles. The molecule has 3 rings (SSSR count). The molecule has 0 spiro atoms. The number of nitrogens with zero attached hydrogens (tertiary/aromatic N) is 1. The van der Waals surface area contributed by atoms with Crippen molar-refractivity contribution in [2.45, 2.75) is 38.8 Å². The molecule has 112 valence electrons. The van der Waals surface area contributed by atoms with Crippen LogP contribution in [0.2, 0.25) is 5.02 Å². The van der Waals surface area contributed by atoms with Crippen LogP contribution in [-0.2, 0) is 0 Å². The average Bonchev–Trinajstić information content (AvgIpc) is 2.91. The zero-order valence-corrected chi connectivity index (χ0v) is 13.8. The van der Waals surface area contributed by atoms with Crippen LogP contribution in [0.15, 0.2) is 23.6 Å². The molecule has 1 aliphatic heterocycles. The van der Waals surface area contributed by atoms with Crippen molar-refractivity contribution in [3.63, 3.8) is 0 Å². The van der Waals surface area contributed by atoms with Crippen LogP contribution in [0.25, 0.3) is 0 Å². The minimum atomic E-state index is 0.0201. The molecule has 0 radical (unpaired) electrons. The Morgan fingerprint density at radius 1 is 1.48 bits per heavy atom. The maximum absolute atomic E-state index is 6.15. The van der Waals surface area contributed by atoms with Crippen LogP contribution in [0.4, 0.5) is 0 Å². The number of aromatic nitrogens is 1. The zero-order chi connectivity index (χ0) is 14.8. The van der Waals surface area contributed by atoms with Crippen molar-refractivity contribution in [2.75, 3.05) is 6.54 Å². The minimum Gasteiger partial charge on any atom is -0.483 e. The Balaban J connectivity index is 1.90. The Morgan fingerprint density at radius 3 is 3.05 bits per heavy atom. The summed E-state index contributed by atoms with van der Waals surface area (Å²) < 4.78 is 6.15. The number of hydrogen-bond donors (Lipinski definition) is 1. The van der Waals surface area contributed by atoms with Crippen LogP contribution < -0.4 is 10.1 Å². The first-order valence-corrected chi connectivity index (χ1v) is 8.54. The van der Waals surface area contributed by atoms with E-state index in [1.807, 2.05) is 25.1 Å². The van der Waals surface area contributed by atoms with E-state index in [1.165, 1.54) is 0 Å². The number of fused-ring (bicyclic) bond motifs is 1. The molecule has 0 bridgehead atoms. The van der Waals surface area contributed by atoms with Crippen LogP contribution >= 0.6 is 22.9 Å². The highest BCUT2D eigenvalue weighted by atomic mass is 35.5. The van der Waals surface area contributed by atoms with E-state index < -0.39 is 0 Å². The van der Waals surface area contributed by atoms with Crippen molar-refractivity contribution in [3.8, 4) is 5.75 Å². The second-order valence-electron chi connectivity index (χ2n) is 5.36. The molecule has 1 aromatic heterocycles. The molecule has 1 aromatic carbocycles. The second-order valence-corrected chi connectivity index (χ2v) is 6.68. The summed E-state index contributed by atoms with van der Waals surface area (Å²) in [6.45, 7) is 5.18. The van der Waals surface area contributed by atoms with Crippen LogP contribution in [-0.4, -0.2) is 11.5 Å². The van der Waals surface area contributed by atoms with Crippen LogP contribution in [0.3, 0.4) is 0 Å². The van der Waals surface area contributed by atoms with E-state index in [0.717, 1.165) is 46.4 Å². The summed E-state index contributed by atoms with van der Waals surface area (Å²) >= 11 is 7.81. The number of ether oxygens (including phenoxy) is 1. The standard InChI is InChI=1S/C16H19ClN2OS/c1-3-6-18-13-8-15(16-19-10(2)9-21-16)20-14-5-4-11(17)7-12(13)14/h4-5,7,9,13,15,18H,3,6,8H2,1-2H3. The number of benzene rings is 1. The van der Waals surface area contributed by atoms with Gasteiger partial charge < -0.3 is 10.1 Å². The third-order valence-electron chi connectivity index (χ3n) is 3.62. The molecule has 2 heterocycles. The van der Waals surface area contributed by atoms with Crippen molar-refractivity contribution >= 4 is 22.9 Å². The number of rotatable bonds is 4. The molecule has 0 fully saturated rings. The van der Waals surface area contributed by atoms with Gasteiger partial charge in [0.2, 0.25) is 0 Å². The van der Waals surface area contributed by atoms with E-state index in [1.54, 1.807) is 11.3 Å². The van der Waals surface area contributed by atoms with Crippen LogP contribution in [0, 0.1) is 6.92 Å². The first-order chi connectivity index (χ1) is 10.2. The monoisotopic (exact) mass is 322 g/mol. The minimum absolute atomic E-state index is 0.0201. The fraction of sp³-hybridized carbons (Fsp3) is 0.438. The van der Waals surface area contributed by atoms with E-state index in [9.17, 15) is 0 Å². The van der Waals surface area contributed by atoms with Gasteiger partial charge in [0.25, 0.3) is 0 Å². The number of hydrogen-bond acceptors (Lipinski definition) is 4. The number of aryl methyl sites for hydroxylation is 1. The predicted octanol–water partition coefficient (Wildman–Crippen LogP) is 4.67. The molecule has 3 nitrogen and oxygen atoms in total. The van der Waals surface area contributed by atoms with Crippen molar-refractivity contribution in [3.05, 3.63) is 44.9 Å². The van der Waals surface area contributed by atoms with Crippen LogP contribution in [0.5, 0.6) is 5.75 Å². The SMILES string of the molecule is CCCNC1CC(c2nc(C)cs2)Oc2ccc(Cl)cc21. The summed E-state index contributed by atoms with van der Waals surface area (Å²) in [4.78, 5) is 4.58. The van der Waals surface area contributed by atoms with Gasteiger partial charge in [0.15, 0.2) is 6.10 Å². The number of nitrogens with one attached hydrogen (secondary N) is 1. The Bertz CT molecular complexity index is 628. The summed E-state index contributed by atoms with van der Waals surface area (Å²) in [6, 6.07) is 6.12. The highest BCUT2D eigenvalue weighted by Crippen LogP contribution is 2.42. The highest BCUT2D eigenvalue weighted by molar-refractivity contribution is 7.09. The molecule has 5 heteroatoms. The molecule has 1 N–H and O–H groups in total. The molecular weight excluding hydrogens is 304 g/mol. The first-order valence-electron chi connectivity index (χ1n) is 7.29. The predicted molar refractivity (Wildman–Crippen MR) is 87.3 cm³/mol. The van der Waals surface area contributed by atoms with E-state index in [2.05, 4.69) is 22.6 Å². The molecule has 0 saturated carbocycles. The molecule has 0 saturated heterocycles. The number of thiazole rings is 1. The maximum atomic E-state index is 6.15. The lowest BCUT2D eigenvalue weighted by Gasteiger charge is -2.32. The average molecular weight is 323 g/mol. The summed E-state index contributed by atoms with van der Waals surface area (Å²) in [5.41, 5.74) is 2.21. The van der Waals surface area contributed by atoms with Crippen molar-refractivity contribution in [1.82, 2.24) is 10.3 Å². The van der Waals surface area contributed by atoms with Gasteiger partial charge in [-0.15, -0.1) is 11.3 Å². The Labute approximate surface area is 134 Å². The quantitative estimate of drug-likeness (QED) is 0.888. The third kappa shape index (κ3) is 3.23. The van der Waals surface area contributed by atoms with Crippen molar-refractivity contribution in [2.24, 2.45) is 0 Å². The maximum Gasteiger partial charge on any atom is 0.152 e. The summed E-state index contributed by atoms with van der Waals surface area (Å²) in [5, 5.41) is 7.48. The lowest BCUT2D eigenvalue weighted by Crippen LogP contribution is -2.29. The van der Waals surface area contributed by atoms with Gasteiger partial charge in [-0.2, -0.15) is 0 Å². The zero-order valence-electron chi connectivity index (χ0n) is 12.2. The van der Waals surface area contributed by atoms with E-state index >= 15 is 0 Å². The van der Waals surface area contributed by atoms with Gasteiger partial charge in [0.05, 0.1) is 0 Å². The highest BCUT2D eigenvalue weighted by Gasteiger charge is 2.30. The fourth-order valence-electron chi connectivity index (χ4n) is 2.62. The van der Waals surface area contributed by atoms with E-state index in [4.69, 9.17) is 16.3 Å². The molecular formula is C16H19ClN2OS. The van der Waals surface area contributed by atoms with Gasteiger partial charge in [-0.3, -0.25) is 0 Å². The van der Waals surface area contributed by atoms with Crippen molar-refractivity contribution < 1.29 is 4.74 Å². The van der Waals surface area contributed by atoms with Gasteiger partial charge in [-0.25, -0.2) is 4.98 Å². The van der Waals surface area contributed by atoms with Gasteiger partial charge in [-0.1, -0.05) is 18.5 Å². The van der Waals surface area contributed by atoms with E-state index in [0.29, 0.717) is 0 Å². The van der Waals surface area contributed by atoms with Gasteiger partial charge >= 0.3 is 0 Å². The van der Waals surface area contributed by atoms with Crippen LogP contribution in [0.1, 0.15) is 48.2 Å². The smallest absolute Gasteiger partial charge is 0.152 e. The lowest BCUT2D eigenvalue weighted by atomic mass is 9.96. The van der Waals surface area contributed by atoms with Gasteiger partial charge in [-0.05, 0) is 38.1 Å². The molecule has 21 heavy (non-hydrogen) atoms.